The van der Waals surface area contributed by atoms with Gasteiger partial charge in [0.25, 0.3) is 0 Å². The van der Waals surface area contributed by atoms with Gasteiger partial charge in [0.15, 0.2) is 0 Å². The quantitative estimate of drug-likeness (QED) is 0.695. The van der Waals surface area contributed by atoms with Crippen molar-refractivity contribution in [2.24, 2.45) is 0 Å². The summed E-state index contributed by atoms with van der Waals surface area (Å²) in [6.45, 7) is 8.87. The lowest BCUT2D eigenvalue weighted by atomic mass is 10.2. The maximum absolute atomic E-state index is 11.7. The molecule has 0 aliphatic carbocycles. The van der Waals surface area contributed by atoms with Crippen LogP contribution >= 0.6 is 0 Å². The van der Waals surface area contributed by atoms with Gasteiger partial charge in [-0.3, -0.25) is 9.69 Å². The number of carbonyl (C=O) groups is 2. The zero-order chi connectivity index (χ0) is 12.9. The number of hydrogen-bond acceptors (Lipinski definition) is 4. The minimum absolute atomic E-state index is 0.0942. The molecule has 0 spiro atoms. The molecule has 0 saturated heterocycles. The van der Waals surface area contributed by atoms with Crippen molar-refractivity contribution in [1.82, 2.24) is 4.90 Å². The Morgan fingerprint density at radius 3 is 2.06 bits per heavy atom. The molecule has 0 atom stereocenters. The molecule has 0 saturated carbocycles. The number of rotatable bonds is 3. The Hall–Kier alpha value is -1.26. The summed E-state index contributed by atoms with van der Waals surface area (Å²) in [6.07, 6.45) is -0.507. The number of esters is 1. The average molecular weight is 231 g/mol. The predicted molar refractivity (Wildman–Crippen MR) is 60.1 cm³/mol. The number of ether oxygens (including phenoxy) is 2. The van der Waals surface area contributed by atoms with Crippen LogP contribution in [0.3, 0.4) is 0 Å². The van der Waals surface area contributed by atoms with E-state index in [1.54, 1.807) is 20.8 Å². The molecule has 0 radical (unpaired) electrons. The van der Waals surface area contributed by atoms with Gasteiger partial charge < -0.3 is 9.47 Å². The molecule has 0 aromatic heterocycles. The number of carbonyl (C=O) groups excluding carboxylic acids is 2. The summed E-state index contributed by atoms with van der Waals surface area (Å²) in [5.41, 5.74) is -0.569. The lowest BCUT2D eigenvalue weighted by molar-refractivity contribution is -0.142. The van der Waals surface area contributed by atoms with E-state index in [0.717, 1.165) is 0 Å². The van der Waals surface area contributed by atoms with E-state index >= 15 is 0 Å². The van der Waals surface area contributed by atoms with Crippen LogP contribution in [0.25, 0.3) is 0 Å². The Morgan fingerprint density at radius 1 is 1.25 bits per heavy atom. The van der Waals surface area contributed by atoms with Gasteiger partial charge in [0.2, 0.25) is 0 Å². The van der Waals surface area contributed by atoms with Crippen LogP contribution in [0.4, 0.5) is 4.79 Å². The maximum atomic E-state index is 11.7. The molecule has 0 fully saturated rings. The van der Waals surface area contributed by atoms with Gasteiger partial charge in [-0.05, 0) is 34.6 Å². The van der Waals surface area contributed by atoms with Crippen molar-refractivity contribution in [2.75, 3.05) is 13.7 Å². The molecule has 0 aromatic carbocycles. The second-order valence-electron chi connectivity index (χ2n) is 4.78. The van der Waals surface area contributed by atoms with E-state index in [9.17, 15) is 9.59 Å². The molecule has 0 unspecified atom stereocenters. The first-order valence-electron chi connectivity index (χ1n) is 5.24. The third kappa shape index (κ3) is 5.58. The minimum atomic E-state index is -0.569. The van der Waals surface area contributed by atoms with Gasteiger partial charge in [-0.1, -0.05) is 0 Å². The topological polar surface area (TPSA) is 55.8 Å². The third-order valence-electron chi connectivity index (χ3n) is 1.78. The van der Waals surface area contributed by atoms with E-state index < -0.39 is 17.7 Å². The van der Waals surface area contributed by atoms with Crippen molar-refractivity contribution >= 4 is 12.1 Å². The van der Waals surface area contributed by atoms with Gasteiger partial charge in [-0.15, -0.1) is 0 Å². The molecule has 16 heavy (non-hydrogen) atoms. The van der Waals surface area contributed by atoms with Crippen LogP contribution in [0.5, 0.6) is 0 Å². The van der Waals surface area contributed by atoms with Gasteiger partial charge in [0.1, 0.15) is 12.1 Å². The molecule has 1 amide bonds. The van der Waals surface area contributed by atoms with Crippen molar-refractivity contribution in [2.45, 2.75) is 46.3 Å². The largest absolute Gasteiger partial charge is 0.468 e. The van der Waals surface area contributed by atoms with E-state index in [-0.39, 0.29) is 12.6 Å². The summed E-state index contributed by atoms with van der Waals surface area (Å²) in [5, 5.41) is 0. The monoisotopic (exact) mass is 231 g/mol. The average Bonchev–Trinajstić information content (AvgIpc) is 2.09. The highest BCUT2D eigenvalue weighted by molar-refractivity contribution is 5.78. The molecule has 0 aromatic rings. The summed E-state index contributed by atoms with van der Waals surface area (Å²) in [5.74, 6) is -0.459. The van der Waals surface area contributed by atoms with E-state index in [4.69, 9.17) is 4.74 Å². The predicted octanol–water partition coefficient (Wildman–Crippen LogP) is 1.80. The standard InChI is InChI=1S/C11H21NO4/c1-8(2)12(7-9(13)15-6)10(14)16-11(3,4)5/h8H,7H2,1-6H3. The van der Waals surface area contributed by atoms with Crippen molar-refractivity contribution in [3.8, 4) is 0 Å². The molecule has 94 valence electrons. The minimum Gasteiger partial charge on any atom is -0.468 e. The van der Waals surface area contributed by atoms with E-state index in [1.807, 2.05) is 13.8 Å². The smallest absolute Gasteiger partial charge is 0.411 e. The van der Waals surface area contributed by atoms with Crippen LogP contribution in [0.1, 0.15) is 34.6 Å². The first kappa shape index (κ1) is 14.7. The van der Waals surface area contributed by atoms with Crippen LogP contribution in [0, 0.1) is 0 Å². The SMILES string of the molecule is COC(=O)CN(C(=O)OC(C)(C)C)C(C)C. The fraction of sp³-hybridized carbons (Fsp3) is 0.818. The Morgan fingerprint density at radius 2 is 1.75 bits per heavy atom. The second-order valence-corrected chi connectivity index (χ2v) is 4.78. The van der Waals surface area contributed by atoms with Crippen LogP contribution in [-0.2, 0) is 14.3 Å². The Bertz CT molecular complexity index is 255. The van der Waals surface area contributed by atoms with Crippen molar-refractivity contribution in [1.29, 1.82) is 0 Å². The molecule has 5 nitrogen and oxygen atoms in total. The van der Waals surface area contributed by atoms with Gasteiger partial charge in [0.05, 0.1) is 7.11 Å². The lowest BCUT2D eigenvalue weighted by Gasteiger charge is -2.29. The molecule has 0 bridgehead atoms. The first-order valence-corrected chi connectivity index (χ1v) is 5.24. The Kier molecular flexibility index (Phi) is 5.27. The molecule has 0 aliphatic rings. The zero-order valence-corrected chi connectivity index (χ0v) is 10.9. The maximum Gasteiger partial charge on any atom is 0.411 e. The van der Waals surface area contributed by atoms with E-state index in [1.165, 1.54) is 12.0 Å². The summed E-state index contributed by atoms with van der Waals surface area (Å²) >= 11 is 0. The number of methoxy groups -OCH3 is 1. The summed E-state index contributed by atoms with van der Waals surface area (Å²) in [7, 11) is 1.29. The van der Waals surface area contributed by atoms with Crippen LogP contribution in [-0.4, -0.2) is 42.3 Å². The van der Waals surface area contributed by atoms with E-state index in [2.05, 4.69) is 4.74 Å². The molecule has 0 rings (SSSR count). The van der Waals surface area contributed by atoms with Gasteiger partial charge in [-0.25, -0.2) is 4.79 Å². The first-order chi connectivity index (χ1) is 7.17. The fourth-order valence-electron chi connectivity index (χ4n) is 0.982. The molecule has 0 aliphatic heterocycles. The number of amides is 1. The highest BCUT2D eigenvalue weighted by Gasteiger charge is 2.26. The van der Waals surface area contributed by atoms with Crippen LogP contribution < -0.4 is 0 Å². The molecule has 5 heteroatoms. The van der Waals surface area contributed by atoms with Crippen LogP contribution in [0.2, 0.25) is 0 Å². The molecular weight excluding hydrogens is 210 g/mol. The summed E-state index contributed by atoms with van der Waals surface area (Å²) in [4.78, 5) is 24.2. The molecule has 0 N–H and O–H groups in total. The third-order valence-corrected chi connectivity index (χ3v) is 1.78. The zero-order valence-electron chi connectivity index (χ0n) is 10.9. The molecule has 0 heterocycles. The Labute approximate surface area is 96.7 Å². The second kappa shape index (κ2) is 5.72. The van der Waals surface area contributed by atoms with Gasteiger partial charge in [0, 0.05) is 6.04 Å². The molecular formula is C11H21NO4. The lowest BCUT2D eigenvalue weighted by Crippen LogP contribution is -2.43. The number of hydrogen-bond donors (Lipinski definition) is 0. The van der Waals surface area contributed by atoms with Gasteiger partial charge >= 0.3 is 12.1 Å². The van der Waals surface area contributed by atoms with Crippen LogP contribution in [0.15, 0.2) is 0 Å². The van der Waals surface area contributed by atoms with Crippen molar-refractivity contribution in [3.63, 3.8) is 0 Å². The van der Waals surface area contributed by atoms with E-state index in [0.29, 0.717) is 0 Å². The van der Waals surface area contributed by atoms with Gasteiger partial charge in [-0.2, -0.15) is 0 Å². The highest BCUT2D eigenvalue weighted by Crippen LogP contribution is 2.11. The Balaban J connectivity index is 4.54. The summed E-state index contributed by atoms with van der Waals surface area (Å²) in [6, 6.07) is -0.117. The van der Waals surface area contributed by atoms with Crippen molar-refractivity contribution in [3.05, 3.63) is 0 Å². The fourth-order valence-corrected chi connectivity index (χ4v) is 0.982. The number of nitrogens with zero attached hydrogens (tertiary/aromatic N) is 1. The summed E-state index contributed by atoms with van der Waals surface area (Å²) < 4.78 is 9.71. The normalized spacial score (nSPS) is 11.2. The van der Waals surface area contributed by atoms with Crippen molar-refractivity contribution < 1.29 is 19.1 Å². The highest BCUT2D eigenvalue weighted by atomic mass is 16.6.